The van der Waals surface area contributed by atoms with Crippen molar-refractivity contribution in [3.63, 3.8) is 0 Å². The van der Waals surface area contributed by atoms with E-state index in [2.05, 4.69) is 4.90 Å². The average Bonchev–Trinajstić information content (AvgIpc) is 3.11. The fraction of sp³-hybridized carbons (Fsp3) is 0.353. The third-order valence-corrected chi connectivity index (χ3v) is 3.92. The fourth-order valence-electron chi connectivity index (χ4n) is 2.57. The molecule has 0 N–H and O–H groups in total. The van der Waals surface area contributed by atoms with Crippen LogP contribution in [0.1, 0.15) is 10.4 Å². The molecule has 122 valence electrons. The van der Waals surface area contributed by atoms with Crippen molar-refractivity contribution >= 4 is 5.91 Å². The minimum absolute atomic E-state index is 0.0148. The Bertz CT molecular complexity index is 620. The van der Waals surface area contributed by atoms with Crippen LogP contribution in [0, 0.1) is 5.82 Å². The van der Waals surface area contributed by atoms with E-state index < -0.39 is 0 Å². The summed E-state index contributed by atoms with van der Waals surface area (Å²) in [6.07, 6.45) is 2.99. The van der Waals surface area contributed by atoms with Crippen LogP contribution in [-0.2, 0) is 0 Å². The molecule has 0 saturated carbocycles. The number of carbonyl (C=O) groups excluding carboxylic acids is 1. The number of ether oxygens (including phenoxy) is 1. The number of amides is 1. The molecule has 0 bridgehead atoms. The molecule has 0 atom stereocenters. The topological polar surface area (TPSA) is 45.9 Å². The van der Waals surface area contributed by atoms with Crippen LogP contribution >= 0.6 is 0 Å². The van der Waals surface area contributed by atoms with Gasteiger partial charge in [0.15, 0.2) is 0 Å². The zero-order chi connectivity index (χ0) is 16.1. The highest BCUT2D eigenvalue weighted by atomic mass is 19.1. The first-order chi connectivity index (χ1) is 11.2. The first-order valence-electron chi connectivity index (χ1n) is 7.64. The summed E-state index contributed by atoms with van der Waals surface area (Å²) in [5.74, 6) is 0.414. The number of nitrogens with zero attached hydrogens (tertiary/aromatic N) is 2. The molecule has 6 heteroatoms. The van der Waals surface area contributed by atoms with Crippen molar-refractivity contribution in [1.29, 1.82) is 0 Å². The highest BCUT2D eigenvalue weighted by Crippen LogP contribution is 2.12. The van der Waals surface area contributed by atoms with Crippen molar-refractivity contribution in [1.82, 2.24) is 9.80 Å². The molecule has 1 aliphatic heterocycles. The lowest BCUT2D eigenvalue weighted by Crippen LogP contribution is -2.49. The summed E-state index contributed by atoms with van der Waals surface area (Å²) >= 11 is 0. The Kier molecular flexibility index (Phi) is 4.92. The lowest BCUT2D eigenvalue weighted by molar-refractivity contribution is 0.0619. The van der Waals surface area contributed by atoms with Gasteiger partial charge in [-0.3, -0.25) is 9.69 Å². The van der Waals surface area contributed by atoms with Crippen LogP contribution in [0.3, 0.4) is 0 Å². The monoisotopic (exact) mass is 318 g/mol. The fourth-order valence-corrected chi connectivity index (χ4v) is 2.57. The van der Waals surface area contributed by atoms with Crippen molar-refractivity contribution in [2.24, 2.45) is 0 Å². The molecule has 0 aliphatic carbocycles. The second kappa shape index (κ2) is 7.28. The summed E-state index contributed by atoms with van der Waals surface area (Å²) in [5, 5.41) is 0. The number of piperazine rings is 1. The summed E-state index contributed by atoms with van der Waals surface area (Å²) in [7, 11) is 0. The average molecular weight is 318 g/mol. The smallest absolute Gasteiger partial charge is 0.257 e. The molecule has 0 radical (unpaired) electrons. The Labute approximate surface area is 134 Å². The number of halogens is 1. The zero-order valence-corrected chi connectivity index (χ0v) is 12.8. The van der Waals surface area contributed by atoms with E-state index in [1.165, 1.54) is 24.7 Å². The molecule has 1 aliphatic rings. The van der Waals surface area contributed by atoms with Crippen molar-refractivity contribution < 1.29 is 18.3 Å². The van der Waals surface area contributed by atoms with Gasteiger partial charge in [-0.15, -0.1) is 0 Å². The second-order valence-electron chi connectivity index (χ2n) is 5.45. The van der Waals surface area contributed by atoms with Gasteiger partial charge in [0.25, 0.3) is 5.91 Å². The number of benzene rings is 1. The Hall–Kier alpha value is -2.34. The van der Waals surface area contributed by atoms with Gasteiger partial charge in [-0.2, -0.15) is 0 Å². The molecule has 0 unspecified atom stereocenters. The Morgan fingerprint density at radius 3 is 2.52 bits per heavy atom. The van der Waals surface area contributed by atoms with Gasteiger partial charge in [-0.1, -0.05) is 0 Å². The van der Waals surface area contributed by atoms with E-state index >= 15 is 0 Å². The lowest BCUT2D eigenvalue weighted by Gasteiger charge is -2.34. The van der Waals surface area contributed by atoms with E-state index in [-0.39, 0.29) is 11.7 Å². The van der Waals surface area contributed by atoms with Crippen LogP contribution in [0.15, 0.2) is 47.3 Å². The van der Waals surface area contributed by atoms with Crippen LogP contribution in [0.5, 0.6) is 5.75 Å². The Morgan fingerprint density at radius 2 is 1.87 bits per heavy atom. The van der Waals surface area contributed by atoms with Crippen LogP contribution in [-0.4, -0.2) is 55.0 Å². The summed E-state index contributed by atoms with van der Waals surface area (Å²) < 4.78 is 23.3. The number of rotatable bonds is 5. The SMILES string of the molecule is O=C(c1ccoc1)N1CCN(CCOc2ccc(F)cc2)CC1. The molecule has 1 fully saturated rings. The molecule has 0 spiro atoms. The molecule has 1 aromatic heterocycles. The van der Waals surface area contributed by atoms with Crippen molar-refractivity contribution in [2.45, 2.75) is 0 Å². The van der Waals surface area contributed by atoms with Gasteiger partial charge in [0, 0.05) is 32.7 Å². The first kappa shape index (κ1) is 15.6. The van der Waals surface area contributed by atoms with Gasteiger partial charge in [-0.05, 0) is 30.3 Å². The van der Waals surface area contributed by atoms with Crippen LogP contribution in [0.2, 0.25) is 0 Å². The molecule has 1 saturated heterocycles. The quantitative estimate of drug-likeness (QED) is 0.848. The van der Waals surface area contributed by atoms with Crippen molar-refractivity contribution in [3.8, 4) is 5.75 Å². The van der Waals surface area contributed by atoms with Gasteiger partial charge >= 0.3 is 0 Å². The van der Waals surface area contributed by atoms with E-state index in [4.69, 9.17) is 9.15 Å². The van der Waals surface area contributed by atoms with Crippen LogP contribution in [0.4, 0.5) is 4.39 Å². The molecular formula is C17H19FN2O3. The normalized spacial score (nSPS) is 15.6. The van der Waals surface area contributed by atoms with E-state index in [1.807, 2.05) is 4.90 Å². The van der Waals surface area contributed by atoms with E-state index in [9.17, 15) is 9.18 Å². The second-order valence-corrected chi connectivity index (χ2v) is 5.45. The number of hydrogen-bond donors (Lipinski definition) is 0. The van der Waals surface area contributed by atoms with Gasteiger partial charge in [0.05, 0.1) is 11.8 Å². The molecule has 3 rings (SSSR count). The third-order valence-electron chi connectivity index (χ3n) is 3.92. The van der Waals surface area contributed by atoms with Gasteiger partial charge in [-0.25, -0.2) is 4.39 Å². The summed E-state index contributed by atoms with van der Waals surface area (Å²) in [4.78, 5) is 16.3. The summed E-state index contributed by atoms with van der Waals surface area (Å²) in [6.45, 7) is 4.35. The number of furan rings is 1. The van der Waals surface area contributed by atoms with Crippen LogP contribution < -0.4 is 4.74 Å². The molecule has 23 heavy (non-hydrogen) atoms. The maximum Gasteiger partial charge on any atom is 0.257 e. The maximum atomic E-state index is 12.8. The molecule has 1 aromatic carbocycles. The highest BCUT2D eigenvalue weighted by Gasteiger charge is 2.22. The van der Waals surface area contributed by atoms with Gasteiger partial charge in [0.2, 0.25) is 0 Å². The number of carbonyl (C=O) groups is 1. The van der Waals surface area contributed by atoms with Crippen molar-refractivity contribution in [2.75, 3.05) is 39.3 Å². The van der Waals surface area contributed by atoms with Crippen molar-refractivity contribution in [3.05, 3.63) is 54.2 Å². The standard InChI is InChI=1S/C17H19FN2O3/c18-15-1-3-16(4-2-15)23-12-10-19-6-8-20(9-7-19)17(21)14-5-11-22-13-14/h1-5,11,13H,6-10,12H2. The van der Waals surface area contributed by atoms with E-state index in [1.54, 1.807) is 18.2 Å². The predicted octanol–water partition coefficient (Wildman–Crippen LogP) is 2.26. The molecule has 2 heterocycles. The van der Waals surface area contributed by atoms with Gasteiger partial charge in [0.1, 0.15) is 24.4 Å². The Balaban J connectivity index is 1.39. The third kappa shape index (κ3) is 4.10. The van der Waals surface area contributed by atoms with Gasteiger partial charge < -0.3 is 14.1 Å². The van der Waals surface area contributed by atoms with Crippen LogP contribution in [0.25, 0.3) is 0 Å². The van der Waals surface area contributed by atoms with E-state index in [0.29, 0.717) is 31.0 Å². The molecule has 1 amide bonds. The Morgan fingerprint density at radius 1 is 1.13 bits per heavy atom. The van der Waals surface area contributed by atoms with E-state index in [0.717, 1.165) is 19.6 Å². The minimum Gasteiger partial charge on any atom is -0.492 e. The summed E-state index contributed by atoms with van der Waals surface area (Å²) in [5.41, 5.74) is 0.595. The predicted molar refractivity (Wildman–Crippen MR) is 82.9 cm³/mol. The maximum absolute atomic E-state index is 12.8. The molecule has 5 nitrogen and oxygen atoms in total. The molecule has 2 aromatic rings. The largest absolute Gasteiger partial charge is 0.492 e. The minimum atomic E-state index is -0.268. The number of hydrogen-bond acceptors (Lipinski definition) is 4. The first-order valence-corrected chi connectivity index (χ1v) is 7.64. The lowest BCUT2D eigenvalue weighted by atomic mass is 10.2. The molecular weight excluding hydrogens is 299 g/mol. The zero-order valence-electron chi connectivity index (χ0n) is 12.8. The summed E-state index contributed by atoms with van der Waals surface area (Å²) in [6, 6.07) is 7.70. The highest BCUT2D eigenvalue weighted by molar-refractivity contribution is 5.93.